The van der Waals surface area contributed by atoms with E-state index in [1.807, 2.05) is 62.5 Å². The molecule has 4 heterocycles. The molecule has 2 amide bonds. The Morgan fingerprint density at radius 3 is 2.56 bits per heavy atom. The fourth-order valence-electron chi connectivity index (χ4n) is 7.81. The number of anilines is 1. The van der Waals surface area contributed by atoms with Crippen molar-refractivity contribution in [3.05, 3.63) is 88.3 Å². The van der Waals surface area contributed by atoms with Crippen molar-refractivity contribution in [3.63, 3.8) is 0 Å². The number of nitrogens with zero attached hydrogens (tertiary/aromatic N) is 3. The standard InChI is InChI=1S/C34H41N3O7Si/c1-22-31(45(3,4)42)29(19-30(39)35-16-8-12-25(35)21-38)44-34(22)26-18-24(36-17-9-13-28(43-2)32(36)40)14-15-27(26)37(33(34)41)20-23-10-6-5-7-11-23/h5-7,9-11,13-15,17-18,22,25,29,31,38,42H,8,12,16,19-21H2,1-4H3/t22-,25+,29+,31-,34+/m1/s1. The van der Waals surface area contributed by atoms with Gasteiger partial charge in [-0.1, -0.05) is 37.3 Å². The summed E-state index contributed by atoms with van der Waals surface area (Å²) >= 11 is 0. The fourth-order valence-corrected chi connectivity index (χ4v) is 10.4. The molecule has 1 aromatic heterocycles. The number of methoxy groups -OCH3 is 1. The number of hydrogen-bond acceptors (Lipinski definition) is 7. The molecule has 0 bridgehead atoms. The summed E-state index contributed by atoms with van der Waals surface area (Å²) in [5, 5.41) is 9.86. The molecule has 3 aliphatic rings. The molecule has 238 valence electrons. The Labute approximate surface area is 263 Å². The molecule has 1 spiro atoms. The summed E-state index contributed by atoms with van der Waals surface area (Å²) in [6.07, 6.45) is 2.50. The maximum Gasteiger partial charge on any atom is 0.297 e. The molecule has 0 aliphatic carbocycles. The average Bonchev–Trinajstić information content (AvgIpc) is 3.68. The number of amides is 2. The third-order valence-electron chi connectivity index (χ3n) is 9.85. The SMILES string of the molecule is COc1cccn(-c2ccc3c(c2)[C@]2(O[C@@H](CC(=O)N4CCC[C@H]4CO)[C@H]([Si](C)(C)O)[C@H]2C)C(=O)N3Cc2ccccc2)c1=O. The molecular weight excluding hydrogens is 590 g/mol. The van der Waals surface area contributed by atoms with Crippen molar-refractivity contribution in [3.8, 4) is 11.4 Å². The van der Waals surface area contributed by atoms with E-state index in [9.17, 15) is 24.3 Å². The van der Waals surface area contributed by atoms with Crippen LogP contribution in [0, 0.1) is 5.92 Å². The second-order valence-corrected chi connectivity index (χ2v) is 16.9. The lowest BCUT2D eigenvalue weighted by Gasteiger charge is -2.33. The Morgan fingerprint density at radius 2 is 1.87 bits per heavy atom. The minimum absolute atomic E-state index is 0.000574. The lowest BCUT2D eigenvalue weighted by molar-refractivity contribution is -0.150. The predicted molar refractivity (Wildman–Crippen MR) is 172 cm³/mol. The van der Waals surface area contributed by atoms with Crippen LogP contribution in [0.1, 0.15) is 37.3 Å². The van der Waals surface area contributed by atoms with Crippen molar-refractivity contribution >= 4 is 25.8 Å². The van der Waals surface area contributed by atoms with E-state index in [2.05, 4.69) is 0 Å². The van der Waals surface area contributed by atoms with Crippen LogP contribution in [0.15, 0.2) is 71.7 Å². The van der Waals surface area contributed by atoms with E-state index >= 15 is 0 Å². The topological polar surface area (TPSA) is 122 Å². The van der Waals surface area contributed by atoms with Crippen molar-refractivity contribution in [1.29, 1.82) is 0 Å². The lowest BCUT2D eigenvalue weighted by Crippen LogP contribution is -2.46. The molecule has 2 saturated heterocycles. The normalized spacial score (nSPS) is 26.1. The highest BCUT2D eigenvalue weighted by atomic mass is 28.4. The Bertz CT molecular complexity index is 1660. The molecule has 10 nitrogen and oxygen atoms in total. The van der Waals surface area contributed by atoms with E-state index in [-0.39, 0.29) is 42.2 Å². The number of pyridine rings is 1. The Balaban J connectivity index is 1.47. The first-order valence-electron chi connectivity index (χ1n) is 15.6. The van der Waals surface area contributed by atoms with Crippen LogP contribution in [0.3, 0.4) is 0 Å². The number of benzene rings is 2. The van der Waals surface area contributed by atoms with Crippen molar-refractivity contribution in [1.82, 2.24) is 9.47 Å². The molecule has 11 heteroatoms. The molecule has 5 atom stereocenters. The number of aliphatic hydroxyl groups excluding tert-OH is 1. The molecule has 2 fully saturated rings. The van der Waals surface area contributed by atoms with Crippen LogP contribution < -0.4 is 15.2 Å². The van der Waals surface area contributed by atoms with Gasteiger partial charge in [0.2, 0.25) is 5.91 Å². The summed E-state index contributed by atoms with van der Waals surface area (Å²) in [7, 11) is -1.56. The molecule has 3 aliphatic heterocycles. The molecule has 45 heavy (non-hydrogen) atoms. The number of rotatable bonds is 8. The van der Waals surface area contributed by atoms with Crippen LogP contribution in [0.2, 0.25) is 18.6 Å². The van der Waals surface area contributed by atoms with Gasteiger partial charge in [-0.25, -0.2) is 0 Å². The zero-order valence-electron chi connectivity index (χ0n) is 26.2. The van der Waals surface area contributed by atoms with E-state index in [0.717, 1.165) is 18.4 Å². The second kappa shape index (κ2) is 11.9. The van der Waals surface area contributed by atoms with Gasteiger partial charge in [-0.05, 0) is 61.8 Å². The Hall–Kier alpha value is -3.77. The summed E-state index contributed by atoms with van der Waals surface area (Å²) in [5.74, 6) is -0.683. The van der Waals surface area contributed by atoms with Gasteiger partial charge in [0.15, 0.2) is 19.7 Å². The number of ether oxygens (including phenoxy) is 2. The summed E-state index contributed by atoms with van der Waals surface area (Å²) in [4.78, 5) is 56.7. The third kappa shape index (κ3) is 5.21. The van der Waals surface area contributed by atoms with Gasteiger partial charge in [0.1, 0.15) is 0 Å². The van der Waals surface area contributed by atoms with Crippen molar-refractivity contribution in [2.75, 3.05) is 25.2 Å². The van der Waals surface area contributed by atoms with Gasteiger partial charge in [0, 0.05) is 35.5 Å². The number of hydrogen-bond donors (Lipinski definition) is 2. The molecule has 0 unspecified atom stereocenters. The van der Waals surface area contributed by atoms with Crippen LogP contribution >= 0.6 is 0 Å². The van der Waals surface area contributed by atoms with E-state index in [1.165, 1.54) is 11.7 Å². The average molecular weight is 632 g/mol. The third-order valence-corrected chi connectivity index (χ3v) is 12.3. The minimum atomic E-state index is -3.01. The van der Waals surface area contributed by atoms with Gasteiger partial charge < -0.3 is 29.2 Å². The Morgan fingerprint density at radius 1 is 1.11 bits per heavy atom. The molecule has 6 rings (SSSR count). The molecule has 2 aromatic carbocycles. The number of carbonyl (C=O) groups is 2. The molecule has 0 saturated carbocycles. The monoisotopic (exact) mass is 631 g/mol. The van der Waals surface area contributed by atoms with Crippen LogP contribution in [-0.2, 0) is 26.5 Å². The molecular formula is C34H41N3O7Si. The molecule has 2 N–H and O–H groups in total. The van der Waals surface area contributed by atoms with E-state index in [1.54, 1.807) is 34.2 Å². The number of likely N-dealkylation sites (tertiary alicyclic amines) is 1. The second-order valence-electron chi connectivity index (χ2n) is 13.0. The van der Waals surface area contributed by atoms with Gasteiger partial charge in [0.05, 0.1) is 44.5 Å². The zero-order valence-corrected chi connectivity index (χ0v) is 27.2. The van der Waals surface area contributed by atoms with Crippen molar-refractivity contribution in [2.24, 2.45) is 5.92 Å². The quantitative estimate of drug-likeness (QED) is 0.365. The van der Waals surface area contributed by atoms with Crippen molar-refractivity contribution in [2.45, 2.75) is 69.1 Å². The first kappa shape index (κ1) is 31.2. The smallest absolute Gasteiger partial charge is 0.297 e. The fraction of sp³-hybridized carbons (Fsp3) is 0.441. The summed E-state index contributed by atoms with van der Waals surface area (Å²) in [6.45, 7) is 6.36. The largest absolute Gasteiger partial charge is 0.491 e. The Kier molecular flexibility index (Phi) is 8.23. The number of fused-ring (bicyclic) bond motifs is 2. The first-order chi connectivity index (χ1) is 21.5. The highest BCUT2D eigenvalue weighted by Crippen LogP contribution is 2.60. The van der Waals surface area contributed by atoms with Crippen LogP contribution in [0.5, 0.6) is 5.75 Å². The highest BCUT2D eigenvalue weighted by molar-refractivity contribution is 6.71. The first-order valence-corrected chi connectivity index (χ1v) is 18.6. The van der Waals surface area contributed by atoms with E-state index in [4.69, 9.17) is 9.47 Å². The number of carbonyl (C=O) groups excluding carboxylic acids is 2. The van der Waals surface area contributed by atoms with Gasteiger partial charge in [-0.2, -0.15) is 0 Å². The molecule has 0 radical (unpaired) electrons. The minimum Gasteiger partial charge on any atom is -0.491 e. The van der Waals surface area contributed by atoms with E-state index < -0.39 is 31.5 Å². The number of aliphatic hydroxyl groups is 1. The summed E-state index contributed by atoms with van der Waals surface area (Å²) in [5.41, 5.74) is 0.502. The summed E-state index contributed by atoms with van der Waals surface area (Å²) < 4.78 is 13.6. The zero-order chi connectivity index (χ0) is 32.1. The van der Waals surface area contributed by atoms with Crippen LogP contribution in [-0.4, -0.2) is 71.9 Å². The lowest BCUT2D eigenvalue weighted by atomic mass is 9.82. The van der Waals surface area contributed by atoms with E-state index in [0.29, 0.717) is 30.0 Å². The highest BCUT2D eigenvalue weighted by Gasteiger charge is 2.66. The van der Waals surface area contributed by atoms with Gasteiger partial charge in [-0.15, -0.1) is 0 Å². The van der Waals surface area contributed by atoms with Crippen molar-refractivity contribution < 1.29 is 29.0 Å². The predicted octanol–water partition coefficient (Wildman–Crippen LogP) is 3.56. The van der Waals surface area contributed by atoms with Gasteiger partial charge in [-0.3, -0.25) is 19.0 Å². The number of aromatic nitrogens is 1. The van der Waals surface area contributed by atoms with Crippen LogP contribution in [0.25, 0.3) is 5.69 Å². The maximum atomic E-state index is 14.8. The molecule has 3 aromatic rings. The summed E-state index contributed by atoms with van der Waals surface area (Å²) in [6, 6.07) is 18.3. The maximum absolute atomic E-state index is 14.8. The van der Waals surface area contributed by atoms with Gasteiger partial charge in [0.25, 0.3) is 11.5 Å². The van der Waals surface area contributed by atoms with Crippen LogP contribution in [0.4, 0.5) is 5.69 Å². The van der Waals surface area contributed by atoms with Gasteiger partial charge >= 0.3 is 0 Å².